The lowest BCUT2D eigenvalue weighted by Crippen LogP contribution is -2.29. The number of fused-ring (bicyclic) bond motifs is 1. The molecule has 7 nitrogen and oxygen atoms in total. The number of methoxy groups -OCH3 is 2. The van der Waals surface area contributed by atoms with Gasteiger partial charge in [-0.15, -0.1) is 0 Å². The van der Waals surface area contributed by atoms with Crippen LogP contribution in [0.2, 0.25) is 0 Å². The molecular weight excluding hydrogens is 374 g/mol. The average Bonchev–Trinajstić information content (AvgIpc) is 2.73. The van der Waals surface area contributed by atoms with Gasteiger partial charge in [-0.3, -0.25) is 4.79 Å². The van der Waals surface area contributed by atoms with Gasteiger partial charge in [0.05, 0.1) is 20.8 Å². The summed E-state index contributed by atoms with van der Waals surface area (Å²) in [5.74, 6) is 1.39. The summed E-state index contributed by atoms with van der Waals surface area (Å²) >= 11 is 0. The van der Waals surface area contributed by atoms with E-state index in [1.54, 1.807) is 32.4 Å². The number of carbonyl (C=O) groups is 1. The van der Waals surface area contributed by atoms with Crippen LogP contribution in [0.1, 0.15) is 22.8 Å². The van der Waals surface area contributed by atoms with Crippen molar-refractivity contribution in [3.63, 3.8) is 0 Å². The van der Waals surface area contributed by atoms with Crippen LogP contribution in [0.3, 0.4) is 0 Å². The lowest BCUT2D eigenvalue weighted by molar-refractivity contribution is 0.0950. The fraction of sp³-hybridized carbons (Fsp3) is 0.273. The number of benzene rings is 2. The zero-order chi connectivity index (χ0) is 20.8. The molecule has 1 aromatic heterocycles. The van der Waals surface area contributed by atoms with Crippen molar-refractivity contribution in [2.45, 2.75) is 13.3 Å². The van der Waals surface area contributed by atoms with Crippen LogP contribution in [-0.4, -0.2) is 33.3 Å². The van der Waals surface area contributed by atoms with Crippen LogP contribution in [0.4, 0.5) is 0 Å². The monoisotopic (exact) mass is 397 g/mol. The quantitative estimate of drug-likeness (QED) is 0.588. The van der Waals surface area contributed by atoms with Gasteiger partial charge in [0.2, 0.25) is 0 Å². The Labute approximate surface area is 168 Å². The minimum atomic E-state index is -0.685. The van der Waals surface area contributed by atoms with Gasteiger partial charge in [-0.1, -0.05) is 6.07 Å². The van der Waals surface area contributed by atoms with Crippen LogP contribution in [0, 0.1) is 0 Å². The fourth-order valence-corrected chi connectivity index (χ4v) is 2.96. The Morgan fingerprint density at radius 1 is 1.03 bits per heavy atom. The van der Waals surface area contributed by atoms with Gasteiger partial charge in [0.1, 0.15) is 16.9 Å². The van der Waals surface area contributed by atoms with Gasteiger partial charge in [0, 0.05) is 18.0 Å². The molecule has 0 saturated heterocycles. The van der Waals surface area contributed by atoms with E-state index in [1.807, 2.05) is 25.1 Å². The van der Waals surface area contributed by atoms with Crippen LogP contribution in [0.25, 0.3) is 11.0 Å². The van der Waals surface area contributed by atoms with Gasteiger partial charge in [-0.05, 0) is 49.2 Å². The molecule has 0 radical (unpaired) electrons. The molecule has 0 unspecified atom stereocenters. The molecule has 0 spiro atoms. The van der Waals surface area contributed by atoms with E-state index in [4.69, 9.17) is 18.6 Å². The minimum Gasteiger partial charge on any atom is -0.494 e. The molecule has 3 aromatic rings. The van der Waals surface area contributed by atoms with Gasteiger partial charge in [0.25, 0.3) is 5.91 Å². The van der Waals surface area contributed by atoms with Crippen molar-refractivity contribution in [1.82, 2.24) is 5.32 Å². The minimum absolute atomic E-state index is 0.0334. The molecule has 1 amide bonds. The second-order valence-corrected chi connectivity index (χ2v) is 6.28. The largest absolute Gasteiger partial charge is 0.494 e. The molecular formula is C22H23NO6. The summed E-state index contributed by atoms with van der Waals surface area (Å²) < 4.78 is 21.2. The van der Waals surface area contributed by atoms with E-state index in [0.717, 1.165) is 5.56 Å². The summed E-state index contributed by atoms with van der Waals surface area (Å²) in [7, 11) is 3.14. The number of hydrogen-bond acceptors (Lipinski definition) is 6. The second-order valence-electron chi connectivity index (χ2n) is 6.28. The maximum absolute atomic E-state index is 12.5. The third kappa shape index (κ3) is 4.68. The van der Waals surface area contributed by atoms with Crippen LogP contribution in [0.5, 0.6) is 17.2 Å². The van der Waals surface area contributed by atoms with Crippen molar-refractivity contribution in [3.8, 4) is 17.2 Å². The molecule has 0 aliphatic heterocycles. The molecule has 2 aromatic carbocycles. The molecule has 0 aliphatic carbocycles. The zero-order valence-electron chi connectivity index (χ0n) is 16.6. The highest BCUT2D eigenvalue weighted by atomic mass is 16.5. The lowest BCUT2D eigenvalue weighted by atomic mass is 10.1. The average molecular weight is 397 g/mol. The van der Waals surface area contributed by atoms with Crippen molar-refractivity contribution in [2.24, 2.45) is 0 Å². The topological polar surface area (TPSA) is 87.0 Å². The number of amides is 1. The molecule has 0 saturated carbocycles. The Morgan fingerprint density at radius 2 is 1.83 bits per heavy atom. The number of rotatable bonds is 8. The van der Waals surface area contributed by atoms with E-state index in [2.05, 4.69) is 5.32 Å². The maximum Gasteiger partial charge on any atom is 0.349 e. The number of ether oxygens (including phenoxy) is 3. The normalized spacial score (nSPS) is 10.6. The summed E-state index contributed by atoms with van der Waals surface area (Å²) in [6.45, 7) is 2.74. The molecule has 1 N–H and O–H groups in total. The fourth-order valence-electron chi connectivity index (χ4n) is 2.96. The van der Waals surface area contributed by atoms with E-state index in [9.17, 15) is 9.59 Å². The third-order valence-electron chi connectivity index (χ3n) is 4.41. The van der Waals surface area contributed by atoms with Gasteiger partial charge in [-0.25, -0.2) is 4.79 Å². The van der Waals surface area contributed by atoms with Gasteiger partial charge < -0.3 is 23.9 Å². The highest BCUT2D eigenvalue weighted by molar-refractivity contribution is 5.96. The maximum atomic E-state index is 12.5. The predicted octanol–water partition coefficient (Wildman–Crippen LogP) is 3.18. The molecule has 152 valence electrons. The van der Waals surface area contributed by atoms with E-state index in [0.29, 0.717) is 47.8 Å². The first-order chi connectivity index (χ1) is 14.0. The first-order valence-electron chi connectivity index (χ1n) is 9.25. The molecule has 0 atom stereocenters. The van der Waals surface area contributed by atoms with E-state index < -0.39 is 11.5 Å². The van der Waals surface area contributed by atoms with Crippen molar-refractivity contribution in [1.29, 1.82) is 0 Å². The summed E-state index contributed by atoms with van der Waals surface area (Å²) in [6, 6.07) is 12.2. The van der Waals surface area contributed by atoms with Gasteiger partial charge in [0.15, 0.2) is 11.5 Å². The number of carbonyl (C=O) groups excluding carboxylic acids is 1. The van der Waals surface area contributed by atoms with E-state index >= 15 is 0 Å². The molecule has 0 fully saturated rings. The highest BCUT2D eigenvalue weighted by Gasteiger charge is 2.14. The summed E-state index contributed by atoms with van der Waals surface area (Å²) in [5, 5.41) is 3.41. The molecule has 0 aliphatic rings. The number of nitrogens with one attached hydrogen (secondary N) is 1. The van der Waals surface area contributed by atoms with Crippen molar-refractivity contribution < 1.29 is 23.4 Å². The van der Waals surface area contributed by atoms with Crippen molar-refractivity contribution in [2.75, 3.05) is 27.4 Å². The van der Waals surface area contributed by atoms with E-state index in [1.165, 1.54) is 6.07 Å². The van der Waals surface area contributed by atoms with Crippen LogP contribution in [0.15, 0.2) is 51.7 Å². The Morgan fingerprint density at radius 3 is 2.55 bits per heavy atom. The first kappa shape index (κ1) is 20.3. The molecule has 0 bridgehead atoms. The van der Waals surface area contributed by atoms with Crippen LogP contribution in [-0.2, 0) is 6.42 Å². The molecule has 29 heavy (non-hydrogen) atoms. The summed E-state index contributed by atoms with van der Waals surface area (Å²) in [4.78, 5) is 24.7. The standard InChI is InChI=1S/C22H23NO6/c1-4-28-16-7-6-15-12-17(22(25)29-19(15)13-16)21(24)23-10-9-14-5-8-18(26-2)20(11-14)27-3/h5-8,11-13H,4,9-10H2,1-3H3,(H,23,24). The van der Waals surface area contributed by atoms with Crippen molar-refractivity contribution in [3.05, 3.63) is 64.0 Å². The molecule has 7 heteroatoms. The Balaban J connectivity index is 1.69. The Hall–Kier alpha value is -3.48. The predicted molar refractivity (Wildman–Crippen MR) is 109 cm³/mol. The highest BCUT2D eigenvalue weighted by Crippen LogP contribution is 2.27. The first-order valence-corrected chi connectivity index (χ1v) is 9.25. The third-order valence-corrected chi connectivity index (χ3v) is 4.41. The van der Waals surface area contributed by atoms with Crippen molar-refractivity contribution >= 4 is 16.9 Å². The SMILES string of the molecule is CCOc1ccc2cc(C(=O)NCCc3ccc(OC)c(OC)c3)c(=O)oc2c1. The number of hydrogen-bond donors (Lipinski definition) is 1. The summed E-state index contributed by atoms with van der Waals surface area (Å²) in [6.07, 6.45) is 0.572. The smallest absolute Gasteiger partial charge is 0.349 e. The van der Waals surface area contributed by atoms with Crippen LogP contribution >= 0.6 is 0 Å². The zero-order valence-corrected chi connectivity index (χ0v) is 16.6. The Bertz CT molecular complexity index is 1070. The molecule has 3 rings (SSSR count). The van der Waals surface area contributed by atoms with Gasteiger partial charge >= 0.3 is 5.63 Å². The Kier molecular flexibility index (Phi) is 6.39. The second kappa shape index (κ2) is 9.14. The lowest BCUT2D eigenvalue weighted by Gasteiger charge is -2.10. The van der Waals surface area contributed by atoms with Crippen LogP contribution < -0.4 is 25.2 Å². The summed E-state index contributed by atoms with van der Waals surface area (Å²) in [5.41, 5.74) is 0.628. The van der Waals surface area contributed by atoms with Gasteiger partial charge in [-0.2, -0.15) is 0 Å². The molecule has 1 heterocycles. The van der Waals surface area contributed by atoms with E-state index in [-0.39, 0.29) is 5.56 Å².